The molecule has 1 aromatic heterocycles. The molecule has 174 valence electrons. The van der Waals surface area contributed by atoms with E-state index in [0.717, 1.165) is 0 Å². The summed E-state index contributed by atoms with van der Waals surface area (Å²) in [5.74, 6) is -1.18. The number of halogens is 2. The normalized spacial score (nSPS) is 10.8. The van der Waals surface area contributed by atoms with Gasteiger partial charge in [-0.15, -0.1) is 5.10 Å². The number of carbonyl (C=O) groups excluding carboxylic acids is 1. The molecule has 0 unspecified atom stereocenters. The van der Waals surface area contributed by atoms with E-state index in [0.29, 0.717) is 36.0 Å². The minimum Gasteiger partial charge on any atom is -0.460 e. The lowest BCUT2D eigenvalue weighted by Crippen LogP contribution is -2.13. The van der Waals surface area contributed by atoms with Crippen molar-refractivity contribution < 1.29 is 23.0 Å². The molecule has 1 heterocycles. The predicted molar refractivity (Wildman–Crippen MR) is 123 cm³/mol. The second-order valence-electron chi connectivity index (χ2n) is 7.17. The second-order valence-corrected chi connectivity index (χ2v) is 7.17. The van der Waals surface area contributed by atoms with E-state index in [1.54, 1.807) is 42.5 Å². The highest BCUT2D eigenvalue weighted by atomic mass is 19.1. The van der Waals surface area contributed by atoms with Crippen LogP contribution in [0, 0.1) is 11.6 Å². The maximum atomic E-state index is 13.9. The Balaban J connectivity index is 1.59. The fraction of sp³-hybridized carbons (Fsp3) is 0.160. The van der Waals surface area contributed by atoms with Gasteiger partial charge in [-0.3, -0.25) is 4.79 Å². The summed E-state index contributed by atoms with van der Waals surface area (Å²) in [4.78, 5) is 16.8. The number of benzene rings is 3. The van der Waals surface area contributed by atoms with Crippen LogP contribution in [0.4, 0.5) is 14.5 Å². The van der Waals surface area contributed by atoms with Gasteiger partial charge in [-0.25, -0.2) is 13.5 Å². The lowest BCUT2D eigenvalue weighted by atomic mass is 10.2. The van der Waals surface area contributed by atoms with Crippen molar-refractivity contribution in [1.29, 1.82) is 0 Å². The molecule has 0 radical (unpaired) electrons. The van der Waals surface area contributed by atoms with E-state index in [-0.39, 0.29) is 18.2 Å². The van der Waals surface area contributed by atoms with Crippen molar-refractivity contribution >= 4 is 11.6 Å². The lowest BCUT2D eigenvalue weighted by molar-refractivity contribution is 0.102. The van der Waals surface area contributed by atoms with Crippen LogP contribution in [-0.2, 0) is 4.74 Å². The number of amides is 1. The molecule has 0 aliphatic carbocycles. The Hall–Kier alpha value is -4.11. The maximum absolute atomic E-state index is 13.9. The molecule has 1 N–H and O–H groups in total. The van der Waals surface area contributed by atoms with E-state index < -0.39 is 17.5 Å². The van der Waals surface area contributed by atoms with Crippen molar-refractivity contribution in [1.82, 2.24) is 14.8 Å². The topological polar surface area (TPSA) is 78.3 Å². The van der Waals surface area contributed by atoms with Gasteiger partial charge in [0.2, 0.25) is 0 Å². The molecule has 4 rings (SSSR count). The molecule has 1 amide bonds. The number of hydrogen-bond acceptors (Lipinski definition) is 5. The zero-order chi connectivity index (χ0) is 23.9. The molecule has 0 spiro atoms. The fourth-order valence-electron chi connectivity index (χ4n) is 3.21. The third-order valence-electron chi connectivity index (χ3n) is 4.82. The van der Waals surface area contributed by atoms with Gasteiger partial charge in [0.15, 0.2) is 5.82 Å². The van der Waals surface area contributed by atoms with Crippen LogP contribution in [0.25, 0.3) is 17.1 Å². The van der Waals surface area contributed by atoms with Crippen LogP contribution in [0.15, 0.2) is 72.8 Å². The van der Waals surface area contributed by atoms with Gasteiger partial charge in [-0.05, 0) is 55.5 Å². The van der Waals surface area contributed by atoms with E-state index >= 15 is 0 Å². The maximum Gasteiger partial charge on any atom is 0.336 e. The highest BCUT2D eigenvalue weighted by Crippen LogP contribution is 2.25. The molecule has 0 aliphatic rings. The van der Waals surface area contributed by atoms with E-state index in [2.05, 4.69) is 15.4 Å². The number of carbonyl (C=O) groups is 1. The molecule has 3 aromatic carbocycles. The smallest absolute Gasteiger partial charge is 0.336 e. The summed E-state index contributed by atoms with van der Waals surface area (Å²) in [6, 6.07) is 18.6. The van der Waals surface area contributed by atoms with Gasteiger partial charge in [0.1, 0.15) is 18.2 Å². The summed E-state index contributed by atoms with van der Waals surface area (Å²) in [6.07, 6.45) is 0. The first-order chi connectivity index (χ1) is 16.5. The van der Waals surface area contributed by atoms with Crippen molar-refractivity contribution in [3.63, 3.8) is 0 Å². The highest BCUT2D eigenvalue weighted by Gasteiger charge is 2.16. The number of anilines is 1. The first-order valence-corrected chi connectivity index (χ1v) is 10.6. The van der Waals surface area contributed by atoms with Crippen LogP contribution in [0.5, 0.6) is 6.01 Å². The average molecular weight is 464 g/mol. The van der Waals surface area contributed by atoms with Crippen LogP contribution in [0.1, 0.15) is 17.3 Å². The Bertz CT molecular complexity index is 1280. The minimum absolute atomic E-state index is 0.0508. The number of hydrogen-bond donors (Lipinski definition) is 1. The third-order valence-corrected chi connectivity index (χ3v) is 4.82. The predicted octanol–water partition coefficient (Wildman–Crippen LogP) is 4.88. The fourth-order valence-corrected chi connectivity index (χ4v) is 3.21. The summed E-state index contributed by atoms with van der Waals surface area (Å²) in [5, 5.41) is 7.07. The molecule has 34 heavy (non-hydrogen) atoms. The number of nitrogens with one attached hydrogen (secondary N) is 1. The Morgan fingerprint density at radius 2 is 1.79 bits per heavy atom. The SMILES string of the molecule is CCOCCOc1nc(-c2cccc(F)c2)n(-c2ccc(NC(=O)c3ccccc3F)cc2)n1. The second kappa shape index (κ2) is 10.7. The van der Waals surface area contributed by atoms with Crippen molar-refractivity contribution in [3.8, 4) is 23.1 Å². The summed E-state index contributed by atoms with van der Waals surface area (Å²) in [5.41, 5.74) is 1.54. The number of nitrogens with zero attached hydrogens (tertiary/aromatic N) is 3. The number of rotatable bonds is 9. The average Bonchev–Trinajstić information content (AvgIpc) is 3.27. The van der Waals surface area contributed by atoms with Crippen LogP contribution in [0.2, 0.25) is 0 Å². The molecule has 0 bridgehead atoms. The third kappa shape index (κ3) is 5.44. The van der Waals surface area contributed by atoms with E-state index in [4.69, 9.17) is 9.47 Å². The highest BCUT2D eigenvalue weighted by molar-refractivity contribution is 6.04. The molecule has 9 heteroatoms. The monoisotopic (exact) mass is 464 g/mol. The minimum atomic E-state index is -0.601. The Morgan fingerprint density at radius 3 is 2.53 bits per heavy atom. The molecular formula is C25H22F2N4O3. The quantitative estimate of drug-likeness (QED) is 0.357. The van der Waals surface area contributed by atoms with Gasteiger partial charge in [-0.1, -0.05) is 24.3 Å². The molecule has 7 nitrogen and oxygen atoms in total. The van der Waals surface area contributed by atoms with Crippen molar-refractivity contribution in [2.75, 3.05) is 25.1 Å². The number of aromatic nitrogens is 3. The van der Waals surface area contributed by atoms with E-state index in [1.165, 1.54) is 35.0 Å². The zero-order valence-electron chi connectivity index (χ0n) is 18.4. The van der Waals surface area contributed by atoms with Crippen LogP contribution >= 0.6 is 0 Å². The van der Waals surface area contributed by atoms with Crippen LogP contribution in [-0.4, -0.2) is 40.5 Å². The van der Waals surface area contributed by atoms with Crippen molar-refractivity contribution in [2.45, 2.75) is 6.92 Å². The van der Waals surface area contributed by atoms with Crippen molar-refractivity contribution in [3.05, 3.63) is 90.0 Å². The van der Waals surface area contributed by atoms with Gasteiger partial charge < -0.3 is 14.8 Å². The zero-order valence-corrected chi connectivity index (χ0v) is 18.4. The van der Waals surface area contributed by atoms with Crippen LogP contribution in [0.3, 0.4) is 0 Å². The molecule has 0 fully saturated rings. The van der Waals surface area contributed by atoms with Gasteiger partial charge in [0.25, 0.3) is 5.91 Å². The van der Waals surface area contributed by atoms with Gasteiger partial charge in [-0.2, -0.15) is 4.98 Å². The summed E-state index contributed by atoms with van der Waals surface area (Å²) >= 11 is 0. The molecule has 0 saturated carbocycles. The van der Waals surface area contributed by atoms with Gasteiger partial charge in [0, 0.05) is 17.9 Å². The molecule has 0 atom stereocenters. The van der Waals surface area contributed by atoms with E-state index in [9.17, 15) is 13.6 Å². The summed E-state index contributed by atoms with van der Waals surface area (Å²) < 4.78 is 40.1. The van der Waals surface area contributed by atoms with E-state index in [1.807, 2.05) is 6.92 Å². The van der Waals surface area contributed by atoms with Gasteiger partial charge >= 0.3 is 6.01 Å². The molecular weight excluding hydrogens is 442 g/mol. The molecule has 4 aromatic rings. The largest absolute Gasteiger partial charge is 0.460 e. The lowest BCUT2D eigenvalue weighted by Gasteiger charge is -2.09. The summed E-state index contributed by atoms with van der Waals surface area (Å²) in [6.45, 7) is 3.11. The first kappa shape index (κ1) is 23.1. The van der Waals surface area contributed by atoms with Crippen molar-refractivity contribution in [2.24, 2.45) is 0 Å². The molecule has 0 saturated heterocycles. The Labute approximate surface area is 195 Å². The Kier molecular flexibility index (Phi) is 7.24. The molecule has 0 aliphatic heterocycles. The Morgan fingerprint density at radius 1 is 1.00 bits per heavy atom. The van der Waals surface area contributed by atoms with Gasteiger partial charge in [0.05, 0.1) is 17.9 Å². The number of ether oxygens (including phenoxy) is 2. The van der Waals surface area contributed by atoms with Crippen LogP contribution < -0.4 is 10.1 Å². The standard InChI is InChI=1S/C25H22F2N4O3/c1-2-33-14-15-34-25-29-23(17-6-5-7-18(26)16-17)31(30-25)20-12-10-19(11-13-20)28-24(32)21-8-3-4-9-22(21)27/h3-13,16H,2,14-15H2,1H3,(H,28,32). The first-order valence-electron chi connectivity index (χ1n) is 10.6. The summed E-state index contributed by atoms with van der Waals surface area (Å²) in [7, 11) is 0.